The summed E-state index contributed by atoms with van der Waals surface area (Å²) in [6, 6.07) is 8.16. The summed E-state index contributed by atoms with van der Waals surface area (Å²) in [5.41, 5.74) is 2.55. The standard InChI is InChI=1S/C17H20FN3O2S/c18-14-5-3-12(4-6-14)16-10-17(20-19-16)13-2-1-9-21(11-13)24(22,23)15-7-8-15/h3-6,10,13,15H,1-2,7-9,11H2,(H,19,20). The summed E-state index contributed by atoms with van der Waals surface area (Å²) in [5.74, 6) is -0.142. The fraction of sp³-hybridized carbons (Fsp3) is 0.471. The van der Waals surface area contributed by atoms with Gasteiger partial charge in [0.25, 0.3) is 0 Å². The first-order valence-electron chi connectivity index (χ1n) is 8.34. The number of nitrogens with zero attached hydrogens (tertiary/aromatic N) is 2. The smallest absolute Gasteiger partial charge is 0.217 e. The number of aromatic nitrogens is 2. The second kappa shape index (κ2) is 5.97. The average molecular weight is 349 g/mol. The Hall–Kier alpha value is -1.73. The summed E-state index contributed by atoms with van der Waals surface area (Å²) in [6.07, 6.45) is 3.40. The van der Waals surface area contributed by atoms with E-state index in [1.807, 2.05) is 6.07 Å². The molecule has 128 valence electrons. The number of hydrogen-bond acceptors (Lipinski definition) is 3. The molecule has 0 amide bonds. The summed E-state index contributed by atoms with van der Waals surface area (Å²) < 4.78 is 39.6. The maximum Gasteiger partial charge on any atom is 0.217 e. The van der Waals surface area contributed by atoms with Gasteiger partial charge in [0, 0.05) is 30.3 Å². The van der Waals surface area contributed by atoms with Gasteiger partial charge in [0.05, 0.1) is 10.9 Å². The zero-order valence-electron chi connectivity index (χ0n) is 13.3. The first-order chi connectivity index (χ1) is 11.5. The second-order valence-corrected chi connectivity index (χ2v) is 8.87. The van der Waals surface area contributed by atoms with Crippen LogP contribution < -0.4 is 0 Å². The summed E-state index contributed by atoms with van der Waals surface area (Å²) in [5, 5.41) is 7.19. The summed E-state index contributed by atoms with van der Waals surface area (Å²) in [7, 11) is -3.12. The fourth-order valence-electron chi connectivity index (χ4n) is 3.32. The Balaban J connectivity index is 1.52. The number of piperidine rings is 1. The van der Waals surface area contributed by atoms with E-state index in [-0.39, 0.29) is 17.0 Å². The first-order valence-corrected chi connectivity index (χ1v) is 9.84. The van der Waals surface area contributed by atoms with Crippen LogP contribution >= 0.6 is 0 Å². The molecular formula is C17H20FN3O2S. The molecule has 1 aromatic heterocycles. The van der Waals surface area contributed by atoms with Crippen molar-refractivity contribution < 1.29 is 12.8 Å². The van der Waals surface area contributed by atoms with E-state index < -0.39 is 10.0 Å². The largest absolute Gasteiger partial charge is 0.282 e. The predicted octanol–water partition coefficient (Wildman–Crippen LogP) is 2.89. The van der Waals surface area contributed by atoms with E-state index in [1.54, 1.807) is 16.4 Å². The second-order valence-electron chi connectivity index (χ2n) is 6.66. The normalized spacial score (nSPS) is 22.6. The zero-order chi connectivity index (χ0) is 16.7. The van der Waals surface area contributed by atoms with E-state index in [2.05, 4.69) is 10.2 Å². The minimum absolute atomic E-state index is 0.133. The summed E-state index contributed by atoms with van der Waals surface area (Å²) in [4.78, 5) is 0. The Kier molecular flexibility index (Phi) is 3.92. The molecule has 2 aromatic rings. The molecule has 1 atom stereocenters. The van der Waals surface area contributed by atoms with E-state index in [9.17, 15) is 12.8 Å². The van der Waals surface area contributed by atoms with Crippen LogP contribution in [0.15, 0.2) is 30.3 Å². The number of aromatic amines is 1. The molecular weight excluding hydrogens is 329 g/mol. The lowest BCUT2D eigenvalue weighted by Crippen LogP contribution is -2.40. The molecule has 1 N–H and O–H groups in total. The zero-order valence-corrected chi connectivity index (χ0v) is 14.1. The third-order valence-electron chi connectivity index (χ3n) is 4.87. The molecule has 2 aliphatic rings. The number of sulfonamides is 1. The van der Waals surface area contributed by atoms with Gasteiger partial charge in [-0.3, -0.25) is 5.10 Å². The minimum Gasteiger partial charge on any atom is -0.282 e. The number of nitrogens with one attached hydrogen (secondary N) is 1. The lowest BCUT2D eigenvalue weighted by atomic mass is 9.96. The van der Waals surface area contributed by atoms with E-state index >= 15 is 0 Å². The molecule has 1 aromatic carbocycles. The van der Waals surface area contributed by atoms with Crippen molar-refractivity contribution in [1.29, 1.82) is 0 Å². The van der Waals surface area contributed by atoms with Gasteiger partial charge < -0.3 is 0 Å². The maximum atomic E-state index is 13.0. The molecule has 1 unspecified atom stereocenters. The van der Waals surface area contributed by atoms with E-state index in [1.165, 1.54) is 12.1 Å². The Morgan fingerprint density at radius 3 is 2.62 bits per heavy atom. The van der Waals surface area contributed by atoms with Crippen molar-refractivity contribution in [3.63, 3.8) is 0 Å². The van der Waals surface area contributed by atoms with E-state index in [4.69, 9.17) is 0 Å². The molecule has 2 heterocycles. The Labute approximate surface area is 140 Å². The molecule has 0 bridgehead atoms. The Morgan fingerprint density at radius 2 is 1.92 bits per heavy atom. The molecule has 2 fully saturated rings. The minimum atomic E-state index is -3.12. The molecule has 0 radical (unpaired) electrons. The lowest BCUT2D eigenvalue weighted by Gasteiger charge is -2.31. The maximum absolute atomic E-state index is 13.0. The molecule has 1 aliphatic carbocycles. The van der Waals surface area contributed by atoms with Crippen LogP contribution in [-0.2, 0) is 10.0 Å². The quantitative estimate of drug-likeness (QED) is 0.923. The molecule has 1 aliphatic heterocycles. The third-order valence-corrected chi connectivity index (χ3v) is 7.23. The van der Waals surface area contributed by atoms with Gasteiger partial charge in [-0.25, -0.2) is 17.1 Å². The van der Waals surface area contributed by atoms with Crippen LogP contribution in [-0.4, -0.2) is 41.3 Å². The number of benzene rings is 1. The molecule has 7 heteroatoms. The van der Waals surface area contributed by atoms with Crippen LogP contribution in [0.3, 0.4) is 0 Å². The van der Waals surface area contributed by atoms with Gasteiger partial charge in [-0.1, -0.05) is 0 Å². The van der Waals surface area contributed by atoms with Crippen molar-refractivity contribution in [2.75, 3.05) is 13.1 Å². The highest BCUT2D eigenvalue weighted by Crippen LogP contribution is 2.35. The molecule has 1 saturated carbocycles. The van der Waals surface area contributed by atoms with Crippen LogP contribution in [0.25, 0.3) is 11.3 Å². The topological polar surface area (TPSA) is 66.1 Å². The van der Waals surface area contributed by atoms with Crippen LogP contribution in [0.4, 0.5) is 4.39 Å². The van der Waals surface area contributed by atoms with Gasteiger partial charge >= 0.3 is 0 Å². The Bertz CT molecular complexity index is 828. The van der Waals surface area contributed by atoms with Crippen molar-refractivity contribution in [2.24, 2.45) is 0 Å². The number of halogens is 1. The molecule has 4 rings (SSSR count). The monoisotopic (exact) mass is 349 g/mol. The van der Waals surface area contributed by atoms with Crippen molar-refractivity contribution in [3.8, 4) is 11.3 Å². The van der Waals surface area contributed by atoms with Gasteiger partial charge in [-0.15, -0.1) is 0 Å². The van der Waals surface area contributed by atoms with Crippen LogP contribution in [0, 0.1) is 5.82 Å². The highest BCUT2D eigenvalue weighted by Gasteiger charge is 2.41. The van der Waals surface area contributed by atoms with Crippen molar-refractivity contribution in [1.82, 2.24) is 14.5 Å². The molecule has 1 saturated heterocycles. The van der Waals surface area contributed by atoms with Gasteiger partial charge in [-0.2, -0.15) is 5.10 Å². The lowest BCUT2D eigenvalue weighted by molar-refractivity contribution is 0.312. The highest BCUT2D eigenvalue weighted by molar-refractivity contribution is 7.90. The van der Waals surface area contributed by atoms with Crippen molar-refractivity contribution in [2.45, 2.75) is 36.9 Å². The van der Waals surface area contributed by atoms with Crippen LogP contribution in [0.2, 0.25) is 0 Å². The van der Waals surface area contributed by atoms with Gasteiger partial charge in [0.2, 0.25) is 10.0 Å². The van der Waals surface area contributed by atoms with Crippen molar-refractivity contribution >= 4 is 10.0 Å². The van der Waals surface area contributed by atoms with Crippen molar-refractivity contribution in [3.05, 3.63) is 41.8 Å². The van der Waals surface area contributed by atoms with E-state index in [0.717, 1.165) is 42.6 Å². The fourth-order valence-corrected chi connectivity index (χ4v) is 5.24. The molecule has 0 spiro atoms. The van der Waals surface area contributed by atoms with Gasteiger partial charge in [-0.05, 0) is 56.0 Å². The molecule has 24 heavy (non-hydrogen) atoms. The summed E-state index contributed by atoms with van der Waals surface area (Å²) >= 11 is 0. The van der Waals surface area contributed by atoms with E-state index in [0.29, 0.717) is 13.1 Å². The van der Waals surface area contributed by atoms with Gasteiger partial charge in [0.15, 0.2) is 0 Å². The molecule has 5 nitrogen and oxygen atoms in total. The first kappa shape index (κ1) is 15.8. The SMILES string of the molecule is O=S(=O)(C1CC1)N1CCCC(c2cc(-c3ccc(F)cc3)n[nH]2)C1. The van der Waals surface area contributed by atoms with Gasteiger partial charge in [0.1, 0.15) is 5.82 Å². The average Bonchev–Trinajstić information content (AvgIpc) is 3.34. The predicted molar refractivity (Wildman–Crippen MR) is 89.5 cm³/mol. The van der Waals surface area contributed by atoms with Crippen LogP contribution in [0.5, 0.6) is 0 Å². The third kappa shape index (κ3) is 2.98. The van der Waals surface area contributed by atoms with Crippen LogP contribution in [0.1, 0.15) is 37.3 Å². The number of hydrogen-bond donors (Lipinski definition) is 1. The summed E-state index contributed by atoms with van der Waals surface area (Å²) in [6.45, 7) is 1.14. The number of H-pyrrole nitrogens is 1. The highest BCUT2D eigenvalue weighted by atomic mass is 32.2. The number of rotatable bonds is 4. The Morgan fingerprint density at radius 1 is 1.17 bits per heavy atom.